The highest BCUT2D eigenvalue weighted by molar-refractivity contribution is 6.76. The van der Waals surface area contributed by atoms with Crippen molar-refractivity contribution in [2.75, 3.05) is 30.0 Å². The molecule has 3 rings (SSSR count). The Kier molecular flexibility index (Phi) is 9.51. The monoisotopic (exact) mass is 506 g/mol. The van der Waals surface area contributed by atoms with E-state index in [2.05, 4.69) is 62.6 Å². The molecule has 6 nitrogen and oxygen atoms in total. The Hall–Kier alpha value is -2.90. The SMILES string of the molecule is Cc1ccccc1C(=O)N(CC(C)C)c1cccc(N(C)Cc2cn(COCC[Si](C)(C)C)cn2)c1. The van der Waals surface area contributed by atoms with Crippen LogP contribution in [0.1, 0.15) is 35.5 Å². The lowest BCUT2D eigenvalue weighted by Crippen LogP contribution is -2.34. The van der Waals surface area contributed by atoms with Crippen LogP contribution in [0.3, 0.4) is 0 Å². The number of aromatic nitrogens is 2. The van der Waals surface area contributed by atoms with Crippen LogP contribution in [0.5, 0.6) is 0 Å². The lowest BCUT2D eigenvalue weighted by atomic mass is 10.1. The molecule has 3 aromatic rings. The van der Waals surface area contributed by atoms with Crippen molar-refractivity contribution >= 4 is 25.4 Å². The topological polar surface area (TPSA) is 50.6 Å². The van der Waals surface area contributed by atoms with Gasteiger partial charge in [-0.05, 0) is 48.7 Å². The summed E-state index contributed by atoms with van der Waals surface area (Å²) < 4.78 is 7.84. The Labute approximate surface area is 217 Å². The normalized spacial score (nSPS) is 11.7. The maximum Gasteiger partial charge on any atom is 0.258 e. The molecule has 194 valence electrons. The van der Waals surface area contributed by atoms with Crippen LogP contribution in [0.4, 0.5) is 11.4 Å². The Balaban J connectivity index is 1.70. The number of nitrogens with zero attached hydrogens (tertiary/aromatic N) is 4. The van der Waals surface area contributed by atoms with Gasteiger partial charge in [0.25, 0.3) is 5.91 Å². The van der Waals surface area contributed by atoms with E-state index in [0.717, 1.165) is 40.8 Å². The fourth-order valence-electron chi connectivity index (χ4n) is 3.97. The highest BCUT2D eigenvalue weighted by Crippen LogP contribution is 2.26. The first-order chi connectivity index (χ1) is 17.0. The zero-order valence-corrected chi connectivity index (χ0v) is 24.0. The summed E-state index contributed by atoms with van der Waals surface area (Å²) >= 11 is 0. The van der Waals surface area contributed by atoms with Crippen molar-refractivity contribution in [3.63, 3.8) is 0 Å². The van der Waals surface area contributed by atoms with Gasteiger partial charge in [0.05, 0.1) is 18.6 Å². The molecule has 0 aliphatic rings. The molecule has 1 aromatic heterocycles. The number of ether oxygens (including phenoxy) is 1. The predicted octanol–water partition coefficient (Wildman–Crippen LogP) is 6.44. The molecule has 0 unspecified atom stereocenters. The predicted molar refractivity (Wildman–Crippen MR) is 153 cm³/mol. The molecule has 0 bridgehead atoms. The third kappa shape index (κ3) is 8.07. The van der Waals surface area contributed by atoms with Gasteiger partial charge in [0.2, 0.25) is 0 Å². The number of amides is 1. The zero-order valence-electron chi connectivity index (χ0n) is 23.0. The highest BCUT2D eigenvalue weighted by Gasteiger charge is 2.21. The van der Waals surface area contributed by atoms with Crippen LogP contribution in [-0.4, -0.2) is 43.7 Å². The maximum atomic E-state index is 13.5. The fraction of sp³-hybridized carbons (Fsp3) is 0.448. The number of carbonyl (C=O) groups is 1. The molecule has 0 radical (unpaired) electrons. The van der Waals surface area contributed by atoms with E-state index in [4.69, 9.17) is 4.74 Å². The Bertz CT molecular complexity index is 1140. The molecule has 0 atom stereocenters. The molecule has 1 amide bonds. The summed E-state index contributed by atoms with van der Waals surface area (Å²) in [5.74, 6) is 0.380. The average Bonchev–Trinajstić information content (AvgIpc) is 3.26. The first-order valence-electron chi connectivity index (χ1n) is 12.8. The smallest absolute Gasteiger partial charge is 0.258 e. The second-order valence-corrected chi connectivity index (χ2v) is 16.8. The van der Waals surface area contributed by atoms with Crippen molar-refractivity contribution in [2.24, 2.45) is 5.92 Å². The molecule has 2 aromatic carbocycles. The van der Waals surface area contributed by atoms with Crippen molar-refractivity contribution in [3.05, 3.63) is 77.9 Å². The second-order valence-electron chi connectivity index (χ2n) is 11.2. The third-order valence-corrected chi connectivity index (χ3v) is 7.78. The fourth-order valence-corrected chi connectivity index (χ4v) is 4.73. The van der Waals surface area contributed by atoms with Crippen LogP contribution in [-0.2, 0) is 18.0 Å². The largest absolute Gasteiger partial charge is 0.369 e. The summed E-state index contributed by atoms with van der Waals surface area (Å²) in [7, 11) is 0.972. The first-order valence-corrected chi connectivity index (χ1v) is 16.5. The van der Waals surface area contributed by atoms with Gasteiger partial charge < -0.3 is 19.1 Å². The van der Waals surface area contributed by atoms with Gasteiger partial charge in [-0.2, -0.15) is 0 Å². The minimum Gasteiger partial charge on any atom is -0.369 e. The number of hydrogen-bond donors (Lipinski definition) is 0. The summed E-state index contributed by atoms with van der Waals surface area (Å²) in [6.07, 6.45) is 3.88. The van der Waals surface area contributed by atoms with Gasteiger partial charge in [-0.25, -0.2) is 4.98 Å². The average molecular weight is 507 g/mol. The van der Waals surface area contributed by atoms with Crippen molar-refractivity contribution < 1.29 is 9.53 Å². The lowest BCUT2D eigenvalue weighted by molar-refractivity contribution is 0.0871. The summed E-state index contributed by atoms with van der Waals surface area (Å²) in [5.41, 5.74) is 4.66. The van der Waals surface area contributed by atoms with Gasteiger partial charge in [0, 0.05) is 51.4 Å². The number of imidazole rings is 1. The number of aryl methyl sites for hydroxylation is 1. The molecular formula is C29H42N4O2Si. The molecule has 0 saturated heterocycles. The molecule has 0 spiro atoms. The minimum atomic E-state index is -1.08. The number of carbonyl (C=O) groups excluding carboxylic acids is 1. The van der Waals surface area contributed by atoms with Crippen LogP contribution in [0.25, 0.3) is 0 Å². The van der Waals surface area contributed by atoms with E-state index in [1.165, 1.54) is 0 Å². The van der Waals surface area contributed by atoms with E-state index < -0.39 is 8.07 Å². The lowest BCUT2D eigenvalue weighted by Gasteiger charge is -2.27. The van der Waals surface area contributed by atoms with Gasteiger partial charge in [0.15, 0.2) is 0 Å². The summed E-state index contributed by atoms with van der Waals surface area (Å²) in [6.45, 7) is 16.0. The highest BCUT2D eigenvalue weighted by atomic mass is 28.3. The van der Waals surface area contributed by atoms with Gasteiger partial charge in [-0.3, -0.25) is 4.79 Å². The molecule has 7 heteroatoms. The summed E-state index contributed by atoms with van der Waals surface area (Å²) in [6, 6.07) is 17.2. The van der Waals surface area contributed by atoms with Crippen molar-refractivity contribution in [1.29, 1.82) is 0 Å². The molecule has 0 aliphatic heterocycles. The molecule has 0 N–H and O–H groups in total. The van der Waals surface area contributed by atoms with Crippen LogP contribution >= 0.6 is 0 Å². The molecule has 1 heterocycles. The Morgan fingerprint density at radius 2 is 1.81 bits per heavy atom. The van der Waals surface area contributed by atoms with Crippen molar-refractivity contribution in [3.8, 4) is 0 Å². The summed E-state index contributed by atoms with van der Waals surface area (Å²) in [4.78, 5) is 22.2. The Morgan fingerprint density at radius 1 is 1.08 bits per heavy atom. The Morgan fingerprint density at radius 3 is 2.50 bits per heavy atom. The minimum absolute atomic E-state index is 0.0365. The summed E-state index contributed by atoms with van der Waals surface area (Å²) in [5, 5.41) is 0. The third-order valence-electron chi connectivity index (χ3n) is 6.07. The van der Waals surface area contributed by atoms with Crippen LogP contribution in [0, 0.1) is 12.8 Å². The van der Waals surface area contributed by atoms with Crippen molar-refractivity contribution in [1.82, 2.24) is 9.55 Å². The molecule has 36 heavy (non-hydrogen) atoms. The van der Waals surface area contributed by atoms with Gasteiger partial charge in [-0.15, -0.1) is 0 Å². The standard InChI is InChI=1S/C29H42N4O2Si/c1-23(2)18-33(29(34)28-14-9-8-11-24(28)3)27-13-10-12-26(17-27)31(4)19-25-20-32(21-30-25)22-35-15-16-36(5,6)7/h8-14,17,20-21,23H,15-16,18-19,22H2,1-7H3. The van der Waals surface area contributed by atoms with Gasteiger partial charge >= 0.3 is 0 Å². The second kappa shape index (κ2) is 12.4. The van der Waals surface area contributed by atoms with Crippen LogP contribution in [0.2, 0.25) is 25.7 Å². The number of rotatable bonds is 12. The van der Waals surface area contributed by atoms with E-state index in [1.807, 2.05) is 65.3 Å². The molecule has 0 fully saturated rings. The van der Waals surface area contributed by atoms with Gasteiger partial charge in [0.1, 0.15) is 6.73 Å². The molecular weight excluding hydrogens is 464 g/mol. The quantitative estimate of drug-likeness (QED) is 0.209. The van der Waals surface area contributed by atoms with E-state index >= 15 is 0 Å². The van der Waals surface area contributed by atoms with E-state index in [1.54, 1.807) is 0 Å². The maximum absolute atomic E-state index is 13.5. The first kappa shape index (κ1) is 27.7. The van der Waals surface area contributed by atoms with Crippen LogP contribution < -0.4 is 9.80 Å². The molecule has 0 saturated carbocycles. The van der Waals surface area contributed by atoms with E-state index in [9.17, 15) is 4.79 Å². The van der Waals surface area contributed by atoms with Crippen LogP contribution in [0.15, 0.2) is 61.1 Å². The van der Waals surface area contributed by atoms with Crippen molar-refractivity contribution in [2.45, 2.75) is 59.7 Å². The van der Waals surface area contributed by atoms with E-state index in [0.29, 0.717) is 25.7 Å². The van der Waals surface area contributed by atoms with Gasteiger partial charge in [-0.1, -0.05) is 57.8 Å². The zero-order chi connectivity index (χ0) is 26.3. The van der Waals surface area contributed by atoms with E-state index in [-0.39, 0.29) is 5.91 Å². The number of benzene rings is 2. The molecule has 0 aliphatic carbocycles. The number of hydrogen-bond acceptors (Lipinski definition) is 4. The number of anilines is 2.